The van der Waals surface area contributed by atoms with Crippen molar-refractivity contribution in [1.29, 1.82) is 5.26 Å². The van der Waals surface area contributed by atoms with Crippen LogP contribution in [-0.2, 0) is 0 Å². The van der Waals surface area contributed by atoms with Crippen LogP contribution in [0.5, 0.6) is 0 Å². The highest BCUT2D eigenvalue weighted by molar-refractivity contribution is 7.99. The van der Waals surface area contributed by atoms with Crippen molar-refractivity contribution in [2.24, 2.45) is 0 Å². The number of carbonyl (C=O) groups is 2. The Morgan fingerprint density at radius 2 is 1.70 bits per heavy atom. The van der Waals surface area contributed by atoms with Crippen LogP contribution in [0.2, 0.25) is 0 Å². The molecule has 0 bridgehead atoms. The molecule has 2 heterocycles. The second kappa shape index (κ2) is 8.29. The van der Waals surface area contributed by atoms with E-state index in [0.29, 0.717) is 23.2 Å². The zero-order valence-corrected chi connectivity index (χ0v) is 17.8. The van der Waals surface area contributed by atoms with E-state index in [1.807, 2.05) is 0 Å². The largest absolute Gasteiger partial charge is 0.274 e. The van der Waals surface area contributed by atoms with Crippen molar-refractivity contribution < 1.29 is 9.59 Å². The third-order valence-corrected chi connectivity index (χ3v) is 6.68. The van der Waals surface area contributed by atoms with E-state index >= 15 is 0 Å². The van der Waals surface area contributed by atoms with Gasteiger partial charge in [0.2, 0.25) is 0 Å². The lowest BCUT2D eigenvalue weighted by atomic mass is 10.1. The fourth-order valence-corrected chi connectivity index (χ4v) is 4.78. The maximum atomic E-state index is 12.4. The number of pyridine rings is 1. The molecule has 2 amide bonds. The minimum absolute atomic E-state index is 0.207. The first kappa shape index (κ1) is 20.1. The Kier molecular flexibility index (Phi) is 5.56. The zero-order chi connectivity index (χ0) is 21.3. The first-order valence-electron chi connectivity index (χ1n) is 9.89. The van der Waals surface area contributed by atoms with Crippen molar-refractivity contribution in [1.82, 2.24) is 9.88 Å². The average molecular weight is 416 g/mol. The highest BCUT2D eigenvalue weighted by Crippen LogP contribution is 2.32. The fraction of sp³-hybridized carbons (Fsp3) is 0.250. The molecule has 5 nitrogen and oxygen atoms in total. The molecule has 1 aliphatic heterocycles. The molecule has 1 aromatic heterocycles. The Bertz CT molecular complexity index is 1180. The molecule has 0 saturated carbocycles. The standard InChI is InChI=1S/C24H21N3O2S/c1-15-11-20-21(12-16(15)2)26-14-17(13-25)22(20)30-10-6-5-9-27-23(28)18-7-3-4-8-19(18)24(27)29/h3-4,7-8,11-12,14H,5-6,9-10H2,1-2H3. The molecule has 4 rings (SSSR count). The summed E-state index contributed by atoms with van der Waals surface area (Å²) in [5.41, 5.74) is 4.80. The van der Waals surface area contributed by atoms with E-state index < -0.39 is 0 Å². The zero-order valence-electron chi connectivity index (χ0n) is 16.9. The molecule has 0 aliphatic carbocycles. The van der Waals surface area contributed by atoms with Crippen molar-refractivity contribution in [3.05, 3.63) is 70.4 Å². The summed E-state index contributed by atoms with van der Waals surface area (Å²) in [5, 5.41) is 10.5. The number of fused-ring (bicyclic) bond motifs is 2. The number of thioether (sulfide) groups is 1. The van der Waals surface area contributed by atoms with E-state index in [9.17, 15) is 14.9 Å². The van der Waals surface area contributed by atoms with Gasteiger partial charge >= 0.3 is 0 Å². The lowest BCUT2D eigenvalue weighted by molar-refractivity contribution is 0.0652. The third-order valence-electron chi connectivity index (χ3n) is 5.46. The Labute approximate surface area is 179 Å². The second-order valence-electron chi connectivity index (χ2n) is 7.43. The molecule has 0 atom stereocenters. The van der Waals surface area contributed by atoms with Crippen LogP contribution in [-0.4, -0.2) is 34.0 Å². The van der Waals surface area contributed by atoms with Crippen LogP contribution < -0.4 is 0 Å². The van der Waals surface area contributed by atoms with Gasteiger partial charge in [0.15, 0.2) is 0 Å². The Balaban J connectivity index is 1.40. The van der Waals surface area contributed by atoms with Crippen LogP contribution in [0.3, 0.4) is 0 Å². The predicted molar refractivity (Wildman–Crippen MR) is 118 cm³/mol. The number of nitrogens with zero attached hydrogens (tertiary/aromatic N) is 3. The van der Waals surface area contributed by atoms with E-state index in [-0.39, 0.29) is 11.8 Å². The van der Waals surface area contributed by atoms with Gasteiger partial charge in [0.25, 0.3) is 11.8 Å². The van der Waals surface area contributed by atoms with Gasteiger partial charge in [0, 0.05) is 23.0 Å². The highest BCUT2D eigenvalue weighted by atomic mass is 32.2. The van der Waals surface area contributed by atoms with Crippen molar-refractivity contribution in [3.63, 3.8) is 0 Å². The number of carbonyl (C=O) groups excluding carboxylic acids is 2. The molecule has 2 aromatic carbocycles. The predicted octanol–water partition coefficient (Wildman–Crippen LogP) is 4.89. The normalized spacial score (nSPS) is 13.0. The molecular formula is C24H21N3O2S. The van der Waals surface area contributed by atoms with E-state index in [1.54, 1.807) is 42.2 Å². The quantitative estimate of drug-likeness (QED) is 0.325. The minimum Gasteiger partial charge on any atom is -0.274 e. The van der Waals surface area contributed by atoms with Crippen LogP contribution in [0.1, 0.15) is 50.2 Å². The number of aryl methyl sites for hydroxylation is 2. The van der Waals surface area contributed by atoms with Crippen molar-refractivity contribution in [2.45, 2.75) is 31.6 Å². The van der Waals surface area contributed by atoms with Gasteiger partial charge in [-0.1, -0.05) is 12.1 Å². The number of aromatic nitrogens is 1. The van der Waals surface area contributed by atoms with Crippen LogP contribution in [0.25, 0.3) is 10.9 Å². The fourth-order valence-electron chi connectivity index (χ4n) is 3.65. The number of rotatable bonds is 6. The monoisotopic (exact) mass is 415 g/mol. The summed E-state index contributed by atoms with van der Waals surface area (Å²) in [6, 6.07) is 13.4. The van der Waals surface area contributed by atoms with Gasteiger partial charge in [-0.05, 0) is 67.8 Å². The number of hydrogen-bond acceptors (Lipinski definition) is 5. The van der Waals surface area contributed by atoms with Gasteiger partial charge in [0.05, 0.1) is 22.2 Å². The molecule has 1 aliphatic rings. The SMILES string of the molecule is Cc1cc2ncc(C#N)c(SCCCCN3C(=O)c4ccccc4C3=O)c2cc1C. The van der Waals surface area contributed by atoms with E-state index in [1.165, 1.54) is 16.0 Å². The molecular weight excluding hydrogens is 394 g/mol. The first-order chi connectivity index (χ1) is 14.5. The second-order valence-corrected chi connectivity index (χ2v) is 8.53. The molecule has 0 unspecified atom stereocenters. The van der Waals surface area contributed by atoms with Gasteiger partial charge < -0.3 is 0 Å². The number of hydrogen-bond donors (Lipinski definition) is 0. The average Bonchev–Trinajstić information content (AvgIpc) is 2.99. The molecule has 0 spiro atoms. The topological polar surface area (TPSA) is 74.1 Å². The molecule has 0 N–H and O–H groups in total. The van der Waals surface area contributed by atoms with Gasteiger partial charge in [-0.3, -0.25) is 19.5 Å². The lowest BCUT2D eigenvalue weighted by Crippen LogP contribution is -2.30. The number of unbranched alkanes of at least 4 members (excludes halogenated alkanes) is 1. The van der Waals surface area contributed by atoms with Crippen LogP contribution in [0, 0.1) is 25.2 Å². The van der Waals surface area contributed by atoms with Crippen molar-refractivity contribution >= 4 is 34.5 Å². The Morgan fingerprint density at radius 3 is 2.37 bits per heavy atom. The summed E-state index contributed by atoms with van der Waals surface area (Å²) in [6.45, 7) is 4.53. The lowest BCUT2D eigenvalue weighted by Gasteiger charge is -2.14. The van der Waals surface area contributed by atoms with Crippen LogP contribution >= 0.6 is 11.8 Å². The summed E-state index contributed by atoms with van der Waals surface area (Å²) in [4.78, 5) is 31.6. The number of nitriles is 1. The van der Waals surface area contributed by atoms with Crippen LogP contribution in [0.4, 0.5) is 0 Å². The summed E-state index contributed by atoms with van der Waals surface area (Å²) in [6.07, 6.45) is 3.19. The molecule has 3 aromatic rings. The van der Waals surface area contributed by atoms with E-state index in [0.717, 1.165) is 34.4 Å². The maximum Gasteiger partial charge on any atom is 0.261 e. The smallest absolute Gasteiger partial charge is 0.261 e. The highest BCUT2D eigenvalue weighted by Gasteiger charge is 2.34. The molecule has 30 heavy (non-hydrogen) atoms. The summed E-state index contributed by atoms with van der Waals surface area (Å²) >= 11 is 1.64. The molecule has 0 saturated heterocycles. The Hall–Kier alpha value is -3.17. The maximum absolute atomic E-state index is 12.4. The van der Waals surface area contributed by atoms with Gasteiger partial charge in [-0.15, -0.1) is 11.8 Å². The van der Waals surface area contributed by atoms with Gasteiger partial charge in [-0.2, -0.15) is 5.26 Å². The van der Waals surface area contributed by atoms with Gasteiger partial charge in [-0.25, -0.2) is 0 Å². The summed E-state index contributed by atoms with van der Waals surface area (Å²) in [7, 11) is 0. The summed E-state index contributed by atoms with van der Waals surface area (Å²) in [5.74, 6) is 0.381. The van der Waals surface area contributed by atoms with E-state index in [4.69, 9.17) is 0 Å². The summed E-state index contributed by atoms with van der Waals surface area (Å²) < 4.78 is 0. The molecule has 0 fully saturated rings. The van der Waals surface area contributed by atoms with Crippen molar-refractivity contribution in [2.75, 3.05) is 12.3 Å². The van der Waals surface area contributed by atoms with Crippen molar-refractivity contribution in [3.8, 4) is 6.07 Å². The minimum atomic E-state index is -0.207. The molecule has 0 radical (unpaired) electrons. The first-order valence-corrected chi connectivity index (χ1v) is 10.9. The van der Waals surface area contributed by atoms with Crippen LogP contribution in [0.15, 0.2) is 47.5 Å². The molecule has 6 heteroatoms. The number of imide groups is 1. The number of benzene rings is 2. The third kappa shape index (κ3) is 3.57. The van der Waals surface area contributed by atoms with Gasteiger partial charge in [0.1, 0.15) is 6.07 Å². The Morgan fingerprint density at radius 1 is 1.03 bits per heavy atom. The van der Waals surface area contributed by atoms with E-state index in [2.05, 4.69) is 37.0 Å². The number of amides is 2. The molecule has 150 valence electrons.